The summed E-state index contributed by atoms with van der Waals surface area (Å²) in [6, 6.07) is -0.591. The summed E-state index contributed by atoms with van der Waals surface area (Å²) in [4.78, 5) is 42.4. The van der Waals surface area contributed by atoms with Gasteiger partial charge >= 0.3 is 6.03 Å². The number of urea groups is 1. The molecular weight excluding hydrogens is 372 g/mol. The van der Waals surface area contributed by atoms with Gasteiger partial charge in [0, 0.05) is 18.0 Å². The highest BCUT2D eigenvalue weighted by Gasteiger charge is 2.17. The maximum atomic E-state index is 12.8. The summed E-state index contributed by atoms with van der Waals surface area (Å²) in [7, 11) is 0. The molecule has 2 N–H and O–H groups in total. The molecule has 0 spiro atoms. The van der Waals surface area contributed by atoms with E-state index in [2.05, 4.69) is 28.8 Å². The van der Waals surface area contributed by atoms with Crippen LogP contribution in [0.4, 0.5) is 4.79 Å². The number of allylic oxidation sites excluding steroid dienone is 1. The number of fused-ring (bicyclic) bond motifs is 1. The van der Waals surface area contributed by atoms with Crippen LogP contribution < -0.4 is 16.2 Å². The summed E-state index contributed by atoms with van der Waals surface area (Å²) in [5.74, 6) is -0.519. The smallest absolute Gasteiger partial charge is 0.321 e. The molecule has 0 saturated heterocycles. The number of carbonyl (C=O) groups excluding carboxylic acids is 2. The number of imide groups is 1. The number of hydrogen-bond acceptors (Lipinski definition) is 6. The van der Waals surface area contributed by atoms with Crippen molar-refractivity contribution >= 4 is 45.3 Å². The van der Waals surface area contributed by atoms with Gasteiger partial charge in [-0.1, -0.05) is 23.9 Å². The molecule has 3 amide bonds. The molecule has 9 heteroatoms. The number of thiophene rings is 1. The van der Waals surface area contributed by atoms with Crippen LogP contribution in [0.1, 0.15) is 10.4 Å². The molecule has 7 nitrogen and oxygen atoms in total. The predicted molar refractivity (Wildman–Crippen MR) is 106 cm³/mol. The number of nitrogens with zero attached hydrogens (tertiary/aromatic N) is 2. The molecule has 0 bridgehead atoms. The number of carbonyl (C=O) groups is 2. The average molecular weight is 393 g/mol. The van der Waals surface area contributed by atoms with Gasteiger partial charge in [0.15, 0.2) is 5.16 Å². The molecule has 0 aliphatic rings. The normalized spacial score (nSPS) is 10.5. The SMILES string of the molecule is C=CCNC(=O)NC(=O)CSc1nc2sc(C)c(C)c2c(=O)n1CC=C. The van der Waals surface area contributed by atoms with Gasteiger partial charge in [0.25, 0.3) is 5.56 Å². The zero-order valence-corrected chi connectivity index (χ0v) is 16.3. The van der Waals surface area contributed by atoms with Crippen LogP contribution >= 0.6 is 23.1 Å². The van der Waals surface area contributed by atoms with E-state index in [0.717, 1.165) is 22.2 Å². The van der Waals surface area contributed by atoms with Gasteiger partial charge in [-0.3, -0.25) is 19.5 Å². The third-order valence-electron chi connectivity index (χ3n) is 3.56. The fourth-order valence-electron chi connectivity index (χ4n) is 2.21. The van der Waals surface area contributed by atoms with Crippen LogP contribution in [0.5, 0.6) is 0 Å². The highest BCUT2D eigenvalue weighted by molar-refractivity contribution is 7.99. The van der Waals surface area contributed by atoms with Gasteiger partial charge in [-0.2, -0.15) is 0 Å². The third-order valence-corrected chi connectivity index (χ3v) is 5.64. The van der Waals surface area contributed by atoms with Crippen molar-refractivity contribution in [3.05, 3.63) is 46.1 Å². The highest BCUT2D eigenvalue weighted by atomic mass is 32.2. The first-order valence-electron chi connectivity index (χ1n) is 7.81. The minimum Gasteiger partial charge on any atom is -0.334 e. The molecule has 26 heavy (non-hydrogen) atoms. The first-order chi connectivity index (χ1) is 12.4. The summed E-state index contributed by atoms with van der Waals surface area (Å²) in [6.45, 7) is 11.6. The number of aryl methyl sites for hydroxylation is 2. The van der Waals surface area contributed by atoms with Gasteiger partial charge in [0.1, 0.15) is 4.83 Å². The van der Waals surface area contributed by atoms with E-state index in [1.165, 1.54) is 22.0 Å². The minimum absolute atomic E-state index is 0.0417. The molecule has 2 aromatic heterocycles. The second kappa shape index (κ2) is 8.81. The molecule has 2 rings (SSSR count). The summed E-state index contributed by atoms with van der Waals surface area (Å²) in [5, 5.41) is 5.69. The zero-order valence-electron chi connectivity index (χ0n) is 14.6. The van der Waals surface area contributed by atoms with E-state index < -0.39 is 11.9 Å². The Labute approximate surface area is 159 Å². The minimum atomic E-state index is -0.591. The Kier molecular flexibility index (Phi) is 6.76. The third kappa shape index (κ3) is 4.41. The number of nitrogens with one attached hydrogen (secondary N) is 2. The summed E-state index contributed by atoms with van der Waals surface area (Å²) < 4.78 is 1.49. The lowest BCUT2D eigenvalue weighted by atomic mass is 10.2. The summed E-state index contributed by atoms with van der Waals surface area (Å²) >= 11 is 2.55. The van der Waals surface area contributed by atoms with Crippen molar-refractivity contribution < 1.29 is 9.59 Å². The van der Waals surface area contributed by atoms with E-state index in [1.54, 1.807) is 6.08 Å². The van der Waals surface area contributed by atoms with Gasteiger partial charge in [-0.25, -0.2) is 9.78 Å². The van der Waals surface area contributed by atoms with Crippen molar-refractivity contribution in [2.24, 2.45) is 0 Å². The molecule has 0 radical (unpaired) electrons. The molecule has 0 fully saturated rings. The maximum Gasteiger partial charge on any atom is 0.321 e. The second-order valence-corrected chi connectivity index (χ2v) is 7.54. The van der Waals surface area contributed by atoms with Crippen molar-refractivity contribution in [3.8, 4) is 0 Å². The molecule has 138 valence electrons. The van der Waals surface area contributed by atoms with Crippen LogP contribution in [-0.4, -0.2) is 33.8 Å². The fraction of sp³-hybridized carbons (Fsp3) is 0.294. The van der Waals surface area contributed by atoms with Crippen molar-refractivity contribution in [1.29, 1.82) is 0 Å². The number of amides is 3. The van der Waals surface area contributed by atoms with Gasteiger partial charge in [0.2, 0.25) is 5.91 Å². The van der Waals surface area contributed by atoms with E-state index in [1.807, 2.05) is 13.8 Å². The molecule has 2 heterocycles. The number of thioether (sulfide) groups is 1. The lowest BCUT2D eigenvalue weighted by Crippen LogP contribution is -2.40. The first kappa shape index (κ1) is 19.9. The van der Waals surface area contributed by atoms with Crippen LogP contribution in [0, 0.1) is 13.8 Å². The first-order valence-corrected chi connectivity index (χ1v) is 9.62. The monoisotopic (exact) mass is 392 g/mol. The zero-order chi connectivity index (χ0) is 19.3. The van der Waals surface area contributed by atoms with Crippen molar-refractivity contribution in [1.82, 2.24) is 20.2 Å². The largest absolute Gasteiger partial charge is 0.334 e. The van der Waals surface area contributed by atoms with E-state index in [9.17, 15) is 14.4 Å². The Morgan fingerprint density at radius 1 is 1.31 bits per heavy atom. The van der Waals surface area contributed by atoms with Crippen molar-refractivity contribution in [2.75, 3.05) is 12.3 Å². The van der Waals surface area contributed by atoms with Crippen LogP contribution in [-0.2, 0) is 11.3 Å². The maximum absolute atomic E-state index is 12.8. The van der Waals surface area contributed by atoms with Crippen molar-refractivity contribution in [2.45, 2.75) is 25.5 Å². The van der Waals surface area contributed by atoms with E-state index in [0.29, 0.717) is 21.9 Å². The molecular formula is C17H20N4O3S2. The topological polar surface area (TPSA) is 93.1 Å². The van der Waals surface area contributed by atoms with Crippen LogP contribution in [0.15, 0.2) is 35.3 Å². The Balaban J connectivity index is 2.23. The fourth-order valence-corrected chi connectivity index (χ4v) is 4.09. The lowest BCUT2D eigenvalue weighted by Gasteiger charge is -2.10. The van der Waals surface area contributed by atoms with E-state index >= 15 is 0 Å². The standard InChI is InChI=1S/C17H20N4O3S2/c1-5-7-18-16(24)19-12(22)9-25-17-20-14-13(10(3)11(4)26-14)15(23)21(17)8-6-2/h5-6H,1-2,7-9H2,3-4H3,(H2,18,19,22,24). The molecule has 0 aromatic carbocycles. The molecule has 0 saturated carbocycles. The second-order valence-electron chi connectivity index (χ2n) is 5.40. The Morgan fingerprint density at radius 2 is 2.04 bits per heavy atom. The van der Waals surface area contributed by atoms with Crippen LogP contribution in [0.3, 0.4) is 0 Å². The number of rotatable bonds is 7. The Morgan fingerprint density at radius 3 is 2.69 bits per heavy atom. The molecule has 0 unspecified atom stereocenters. The predicted octanol–water partition coefficient (Wildman–Crippen LogP) is 2.36. The van der Waals surface area contributed by atoms with E-state index in [-0.39, 0.29) is 17.9 Å². The van der Waals surface area contributed by atoms with E-state index in [4.69, 9.17) is 0 Å². The van der Waals surface area contributed by atoms with Crippen molar-refractivity contribution in [3.63, 3.8) is 0 Å². The summed E-state index contributed by atoms with van der Waals surface area (Å²) in [5.41, 5.74) is 0.775. The summed E-state index contributed by atoms with van der Waals surface area (Å²) in [6.07, 6.45) is 3.12. The van der Waals surface area contributed by atoms with Gasteiger partial charge in [-0.15, -0.1) is 24.5 Å². The average Bonchev–Trinajstić information content (AvgIpc) is 2.88. The Hall–Kier alpha value is -2.39. The molecule has 0 atom stereocenters. The Bertz CT molecular complexity index is 930. The van der Waals surface area contributed by atoms with Gasteiger partial charge in [0.05, 0.1) is 11.1 Å². The van der Waals surface area contributed by atoms with Crippen LogP contribution in [0.25, 0.3) is 10.2 Å². The number of aromatic nitrogens is 2. The lowest BCUT2D eigenvalue weighted by molar-refractivity contribution is -0.117. The molecule has 0 aliphatic heterocycles. The molecule has 2 aromatic rings. The highest BCUT2D eigenvalue weighted by Crippen LogP contribution is 2.28. The van der Waals surface area contributed by atoms with Crippen LogP contribution in [0.2, 0.25) is 0 Å². The van der Waals surface area contributed by atoms with Gasteiger partial charge < -0.3 is 5.32 Å². The number of hydrogen-bond donors (Lipinski definition) is 2. The van der Waals surface area contributed by atoms with Gasteiger partial charge in [-0.05, 0) is 19.4 Å². The quantitative estimate of drug-likeness (QED) is 0.429. The molecule has 0 aliphatic carbocycles.